The Balaban J connectivity index is 0.000000400. The monoisotopic (exact) mass is 334 g/mol. The summed E-state index contributed by atoms with van der Waals surface area (Å²) in [6.45, 7) is 19.8. The minimum absolute atomic E-state index is 0.0225. The predicted octanol–water partition coefficient (Wildman–Crippen LogP) is 4.26. The molecule has 0 bridgehead atoms. The molecule has 1 heterocycles. The molecular formula is C21H38N2O. The van der Waals surface area contributed by atoms with Gasteiger partial charge < -0.3 is 15.7 Å². The molecule has 1 aliphatic heterocycles. The zero-order chi connectivity index (χ0) is 18.4. The fourth-order valence-electron chi connectivity index (χ4n) is 2.80. The highest BCUT2D eigenvalue weighted by molar-refractivity contribution is 5.50. The second kappa shape index (κ2) is 8.87. The highest BCUT2D eigenvalue weighted by Gasteiger charge is 2.29. The van der Waals surface area contributed by atoms with Gasteiger partial charge in [0.1, 0.15) is 5.75 Å². The lowest BCUT2D eigenvalue weighted by atomic mass is 9.75. The number of piperazine rings is 1. The highest BCUT2D eigenvalue weighted by Crippen LogP contribution is 2.42. The maximum absolute atomic E-state index is 10.6. The molecule has 0 unspecified atom stereocenters. The molecule has 0 saturated carbocycles. The summed E-state index contributed by atoms with van der Waals surface area (Å²) in [5.41, 5.74) is 3.45. The smallest absolute Gasteiger partial charge is 0.123 e. The fraction of sp³-hybridized carbons (Fsp3) is 0.714. The van der Waals surface area contributed by atoms with Crippen LogP contribution in [0.1, 0.15) is 71.1 Å². The topological polar surface area (TPSA) is 44.3 Å². The lowest BCUT2D eigenvalue weighted by Gasteiger charge is -2.31. The van der Waals surface area contributed by atoms with Crippen LogP contribution in [0.25, 0.3) is 0 Å². The second-order valence-corrected chi connectivity index (χ2v) is 8.18. The molecule has 1 fully saturated rings. The van der Waals surface area contributed by atoms with Crippen LogP contribution in [0.2, 0.25) is 0 Å². The molecule has 0 spiro atoms. The number of hydrogen-bond acceptors (Lipinski definition) is 3. The van der Waals surface area contributed by atoms with E-state index in [-0.39, 0.29) is 10.8 Å². The molecule has 3 nitrogen and oxygen atoms in total. The van der Waals surface area contributed by atoms with Crippen molar-refractivity contribution in [3.8, 4) is 5.75 Å². The molecular weight excluding hydrogens is 296 g/mol. The summed E-state index contributed by atoms with van der Waals surface area (Å²) in [5, 5.41) is 17.1. The van der Waals surface area contributed by atoms with E-state index in [0.717, 1.165) is 50.1 Å². The minimum Gasteiger partial charge on any atom is -0.507 e. The van der Waals surface area contributed by atoms with Gasteiger partial charge in [0.15, 0.2) is 0 Å². The number of rotatable bonds is 4. The van der Waals surface area contributed by atoms with Gasteiger partial charge in [0.05, 0.1) is 0 Å². The number of phenolic OH excluding ortho intramolecular Hbond substituents is 1. The van der Waals surface area contributed by atoms with Gasteiger partial charge >= 0.3 is 0 Å². The van der Waals surface area contributed by atoms with Crippen LogP contribution in [-0.2, 0) is 10.8 Å². The van der Waals surface area contributed by atoms with E-state index in [1.807, 2.05) is 0 Å². The molecule has 1 aromatic rings. The quantitative estimate of drug-likeness (QED) is 0.771. The number of benzene rings is 1. The number of phenols is 1. The molecule has 138 valence electrons. The molecule has 1 aliphatic rings. The zero-order valence-electron chi connectivity index (χ0n) is 16.8. The van der Waals surface area contributed by atoms with Crippen LogP contribution in [0.5, 0.6) is 5.75 Å². The number of aryl methyl sites for hydroxylation is 1. The predicted molar refractivity (Wildman–Crippen MR) is 105 cm³/mol. The first-order chi connectivity index (χ1) is 11.2. The van der Waals surface area contributed by atoms with Crippen molar-refractivity contribution in [1.82, 2.24) is 10.6 Å². The van der Waals surface area contributed by atoms with E-state index in [0.29, 0.717) is 5.75 Å². The normalized spacial score (nSPS) is 15.6. The van der Waals surface area contributed by atoms with E-state index < -0.39 is 0 Å². The van der Waals surface area contributed by atoms with E-state index >= 15 is 0 Å². The van der Waals surface area contributed by atoms with E-state index in [1.54, 1.807) is 0 Å². The molecule has 0 atom stereocenters. The Morgan fingerprint density at radius 2 is 1.17 bits per heavy atom. The molecule has 0 amide bonds. The van der Waals surface area contributed by atoms with Gasteiger partial charge in [-0.2, -0.15) is 0 Å². The highest BCUT2D eigenvalue weighted by atomic mass is 16.3. The molecule has 24 heavy (non-hydrogen) atoms. The summed E-state index contributed by atoms with van der Waals surface area (Å²) in [6, 6.07) is 4.27. The summed E-state index contributed by atoms with van der Waals surface area (Å²) in [7, 11) is 0. The molecule has 3 N–H and O–H groups in total. The largest absolute Gasteiger partial charge is 0.507 e. The van der Waals surface area contributed by atoms with E-state index in [4.69, 9.17) is 0 Å². The third-order valence-corrected chi connectivity index (χ3v) is 5.44. The van der Waals surface area contributed by atoms with Crippen LogP contribution in [0.3, 0.4) is 0 Å². The molecule has 0 radical (unpaired) electrons. The first-order valence-corrected chi connectivity index (χ1v) is 9.41. The Bertz CT molecular complexity index is 468. The average molecular weight is 335 g/mol. The Kier molecular flexibility index (Phi) is 7.75. The first kappa shape index (κ1) is 21.0. The zero-order valence-corrected chi connectivity index (χ0v) is 16.8. The Labute approximate surface area is 149 Å². The van der Waals surface area contributed by atoms with E-state index in [1.165, 1.54) is 5.56 Å². The average Bonchev–Trinajstić information content (AvgIpc) is 2.58. The summed E-state index contributed by atoms with van der Waals surface area (Å²) in [5.74, 6) is 0.499. The molecule has 0 aliphatic carbocycles. The molecule has 2 rings (SSSR count). The van der Waals surface area contributed by atoms with Crippen LogP contribution in [0, 0.1) is 6.92 Å². The van der Waals surface area contributed by atoms with E-state index in [2.05, 4.69) is 71.2 Å². The lowest BCUT2D eigenvalue weighted by molar-refractivity contribution is 0.400. The minimum atomic E-state index is 0.0225. The van der Waals surface area contributed by atoms with Gasteiger partial charge in [0.2, 0.25) is 0 Å². The molecule has 1 aromatic carbocycles. The fourth-order valence-corrected chi connectivity index (χ4v) is 2.80. The van der Waals surface area contributed by atoms with Gasteiger partial charge in [0, 0.05) is 37.3 Å². The standard InChI is InChI=1S/C17H28O.C4H10N2/c1-8-16(4,5)13-10-12(3)11-14(15(13)18)17(6,7)9-2;1-2-6-4-3-5-1/h10-11,18H,8-9H2,1-7H3;5-6H,1-4H2. The molecule has 0 aromatic heterocycles. The van der Waals surface area contributed by atoms with Gasteiger partial charge in [-0.15, -0.1) is 0 Å². The Morgan fingerprint density at radius 1 is 0.833 bits per heavy atom. The maximum Gasteiger partial charge on any atom is 0.123 e. The van der Waals surface area contributed by atoms with Gasteiger partial charge in [-0.25, -0.2) is 0 Å². The van der Waals surface area contributed by atoms with Crippen LogP contribution in [0.15, 0.2) is 12.1 Å². The first-order valence-electron chi connectivity index (χ1n) is 9.41. The van der Waals surface area contributed by atoms with Crippen molar-refractivity contribution in [2.75, 3.05) is 26.2 Å². The Morgan fingerprint density at radius 3 is 1.42 bits per heavy atom. The third-order valence-electron chi connectivity index (χ3n) is 5.44. The molecule has 1 saturated heterocycles. The van der Waals surface area contributed by atoms with Crippen molar-refractivity contribution >= 4 is 0 Å². The van der Waals surface area contributed by atoms with Crippen molar-refractivity contribution in [2.45, 2.75) is 72.1 Å². The number of hydrogen-bond donors (Lipinski definition) is 3. The summed E-state index contributed by atoms with van der Waals surface area (Å²) >= 11 is 0. The van der Waals surface area contributed by atoms with Crippen LogP contribution >= 0.6 is 0 Å². The van der Waals surface area contributed by atoms with Crippen LogP contribution < -0.4 is 10.6 Å². The summed E-state index contributed by atoms with van der Waals surface area (Å²) < 4.78 is 0. The van der Waals surface area contributed by atoms with Crippen molar-refractivity contribution in [2.24, 2.45) is 0 Å². The van der Waals surface area contributed by atoms with Crippen molar-refractivity contribution in [3.05, 3.63) is 28.8 Å². The van der Waals surface area contributed by atoms with Crippen LogP contribution in [-0.4, -0.2) is 31.3 Å². The van der Waals surface area contributed by atoms with Crippen molar-refractivity contribution < 1.29 is 5.11 Å². The second-order valence-electron chi connectivity index (χ2n) is 8.18. The van der Waals surface area contributed by atoms with Gasteiger partial charge in [0.25, 0.3) is 0 Å². The van der Waals surface area contributed by atoms with Crippen molar-refractivity contribution in [3.63, 3.8) is 0 Å². The summed E-state index contributed by atoms with van der Waals surface area (Å²) in [6.07, 6.45) is 2.05. The third kappa shape index (κ3) is 5.49. The van der Waals surface area contributed by atoms with Gasteiger partial charge in [-0.3, -0.25) is 0 Å². The maximum atomic E-state index is 10.6. The molecule has 3 heteroatoms. The van der Waals surface area contributed by atoms with Crippen molar-refractivity contribution in [1.29, 1.82) is 0 Å². The summed E-state index contributed by atoms with van der Waals surface area (Å²) in [4.78, 5) is 0. The van der Waals surface area contributed by atoms with Gasteiger partial charge in [-0.1, -0.05) is 59.2 Å². The SMILES string of the molecule is C1CNCCN1.CCC(C)(C)c1cc(C)cc(C(C)(C)CC)c1O. The van der Waals surface area contributed by atoms with Gasteiger partial charge in [-0.05, 0) is 30.6 Å². The lowest BCUT2D eigenvalue weighted by Crippen LogP contribution is -2.39. The van der Waals surface area contributed by atoms with E-state index in [9.17, 15) is 5.11 Å². The number of nitrogens with one attached hydrogen (secondary N) is 2. The Hall–Kier alpha value is -1.06. The van der Waals surface area contributed by atoms with Crippen LogP contribution in [0.4, 0.5) is 0 Å². The number of aromatic hydroxyl groups is 1.